The van der Waals surface area contributed by atoms with E-state index < -0.39 is 23.0 Å². The van der Waals surface area contributed by atoms with Gasteiger partial charge in [-0.1, -0.05) is 30.3 Å². The lowest BCUT2D eigenvalue weighted by molar-refractivity contribution is -0.387. The van der Waals surface area contributed by atoms with Crippen LogP contribution in [0.5, 0.6) is 0 Å². The Balaban J connectivity index is 0.00000380. The third kappa shape index (κ3) is 6.70. The lowest BCUT2D eigenvalue weighted by atomic mass is 10.0. The normalized spacial score (nSPS) is 17.3. The van der Waals surface area contributed by atoms with E-state index in [0.717, 1.165) is 16.5 Å². The lowest BCUT2D eigenvalue weighted by Gasteiger charge is -2.13. The van der Waals surface area contributed by atoms with Crippen LogP contribution < -0.4 is 22.3 Å². The van der Waals surface area contributed by atoms with Gasteiger partial charge in [0, 0.05) is 30.6 Å². The van der Waals surface area contributed by atoms with Crippen molar-refractivity contribution in [2.75, 3.05) is 6.54 Å². The fraction of sp³-hybridized carbons (Fsp3) is 0.261. The maximum atomic E-state index is 12.9. The highest BCUT2D eigenvalue weighted by Crippen LogP contribution is 2.34. The standard InChI is InChI=1S/C23H25N7O5S.ClH/c24-23(25)26-11-5-7-16-22(32)35-28-17(21(31)27-16)12-14-13-29(18-8-2-1-6-15(14)18)36-20-10-4-3-9-19(20)30(33)34;/h1-4,6,8-10,13,16-17,28H,5,7,11-12H2,(H,27,31)(H4,24,25,26);1H/t16-,17+;/m0./s1. The van der Waals surface area contributed by atoms with Crippen molar-refractivity contribution in [1.29, 1.82) is 0 Å². The first kappa shape index (κ1) is 27.8. The van der Waals surface area contributed by atoms with Crippen LogP contribution in [-0.4, -0.2) is 45.4 Å². The molecule has 37 heavy (non-hydrogen) atoms. The number of nitro benzene ring substituents is 1. The SMILES string of the molecule is Cl.NC(N)=NCCC[C@@H]1NC(=O)[C@@H](Cc2cn(Sc3ccccc3[N+](=O)[O-])c3ccccc23)NOC1=O. The number of benzene rings is 2. The number of hydroxylamine groups is 1. The summed E-state index contributed by atoms with van der Waals surface area (Å²) in [5, 5.41) is 15.1. The predicted octanol–water partition coefficient (Wildman–Crippen LogP) is 2.04. The number of guanidine groups is 1. The number of nitrogens with one attached hydrogen (secondary N) is 2. The van der Waals surface area contributed by atoms with E-state index >= 15 is 0 Å². The topological polar surface area (TPSA) is 180 Å². The molecule has 4 rings (SSSR count). The Hall–Kier alpha value is -3.81. The van der Waals surface area contributed by atoms with Crippen molar-refractivity contribution in [3.8, 4) is 0 Å². The molecule has 1 aliphatic rings. The van der Waals surface area contributed by atoms with Gasteiger partial charge in [0.1, 0.15) is 17.0 Å². The van der Waals surface area contributed by atoms with E-state index in [1.807, 2.05) is 34.4 Å². The number of carbonyl (C=O) groups excluding carboxylic acids is 2. The molecule has 1 saturated heterocycles. The summed E-state index contributed by atoms with van der Waals surface area (Å²) >= 11 is 1.21. The Labute approximate surface area is 222 Å². The molecule has 0 radical (unpaired) electrons. The van der Waals surface area contributed by atoms with Gasteiger partial charge in [0.05, 0.1) is 10.4 Å². The molecule has 1 aliphatic heterocycles. The number of carbonyl (C=O) groups is 2. The van der Waals surface area contributed by atoms with Crippen molar-refractivity contribution in [2.24, 2.45) is 16.5 Å². The molecule has 0 unspecified atom stereocenters. The summed E-state index contributed by atoms with van der Waals surface area (Å²) in [7, 11) is 0. The van der Waals surface area contributed by atoms with E-state index in [0.29, 0.717) is 24.3 Å². The third-order valence-electron chi connectivity index (χ3n) is 5.61. The number of rotatable bonds is 9. The molecule has 2 heterocycles. The van der Waals surface area contributed by atoms with Gasteiger partial charge in [0.2, 0.25) is 5.91 Å². The van der Waals surface area contributed by atoms with Crippen LogP contribution in [0.3, 0.4) is 0 Å². The number of aromatic nitrogens is 1. The van der Waals surface area contributed by atoms with Crippen molar-refractivity contribution in [1.82, 2.24) is 14.8 Å². The molecule has 12 nitrogen and oxygen atoms in total. The number of nitro groups is 1. The molecule has 1 aromatic heterocycles. The summed E-state index contributed by atoms with van der Waals surface area (Å²) in [4.78, 5) is 45.8. The summed E-state index contributed by atoms with van der Waals surface area (Å²) in [6.45, 7) is 0.329. The monoisotopic (exact) mass is 547 g/mol. The zero-order valence-corrected chi connectivity index (χ0v) is 21.2. The van der Waals surface area contributed by atoms with Gasteiger partial charge in [-0.15, -0.1) is 17.9 Å². The van der Waals surface area contributed by atoms with Gasteiger partial charge in [0.15, 0.2) is 5.96 Å². The van der Waals surface area contributed by atoms with Gasteiger partial charge in [-0.05, 0) is 42.5 Å². The summed E-state index contributed by atoms with van der Waals surface area (Å²) in [6, 6.07) is 12.4. The van der Waals surface area contributed by atoms with E-state index in [4.69, 9.17) is 16.3 Å². The van der Waals surface area contributed by atoms with Crippen LogP contribution in [0.1, 0.15) is 18.4 Å². The van der Waals surface area contributed by atoms with E-state index in [2.05, 4.69) is 15.8 Å². The fourth-order valence-electron chi connectivity index (χ4n) is 3.88. The molecule has 196 valence electrons. The van der Waals surface area contributed by atoms with Crippen LogP contribution >= 0.6 is 24.4 Å². The number of nitrogens with zero attached hydrogens (tertiary/aromatic N) is 3. The van der Waals surface area contributed by atoms with E-state index in [1.165, 1.54) is 18.0 Å². The minimum absolute atomic E-state index is 0. The Morgan fingerprint density at radius 2 is 1.86 bits per heavy atom. The first-order valence-electron chi connectivity index (χ1n) is 11.2. The number of halogens is 1. The number of hydrogen-bond acceptors (Lipinski definition) is 8. The van der Waals surface area contributed by atoms with Crippen molar-refractivity contribution in [2.45, 2.75) is 36.2 Å². The highest BCUT2D eigenvalue weighted by atomic mass is 35.5. The lowest BCUT2D eigenvalue weighted by Crippen LogP contribution is -2.45. The number of hydrogen-bond donors (Lipinski definition) is 4. The van der Waals surface area contributed by atoms with Crippen LogP contribution in [0.2, 0.25) is 0 Å². The second-order valence-corrected chi connectivity index (χ2v) is 9.13. The molecule has 3 aromatic rings. The highest BCUT2D eigenvalue weighted by molar-refractivity contribution is 7.98. The molecule has 14 heteroatoms. The summed E-state index contributed by atoms with van der Waals surface area (Å²) in [6.07, 6.45) is 2.87. The minimum atomic E-state index is -0.827. The quantitative estimate of drug-likeness (QED) is 0.102. The molecule has 1 amide bonds. The summed E-state index contributed by atoms with van der Waals surface area (Å²) in [5.41, 5.74) is 14.8. The molecule has 1 fully saturated rings. The molecular formula is C23H26ClN7O5S. The molecule has 6 N–H and O–H groups in total. The van der Waals surface area contributed by atoms with Gasteiger partial charge in [0.25, 0.3) is 5.69 Å². The highest BCUT2D eigenvalue weighted by Gasteiger charge is 2.32. The number of nitrogens with two attached hydrogens (primary N) is 2. The summed E-state index contributed by atoms with van der Waals surface area (Å²) < 4.78 is 1.83. The van der Waals surface area contributed by atoms with Gasteiger partial charge in [-0.3, -0.25) is 23.9 Å². The Bertz CT molecular complexity index is 1330. The van der Waals surface area contributed by atoms with Crippen molar-refractivity contribution >= 4 is 58.8 Å². The third-order valence-corrected chi connectivity index (χ3v) is 6.65. The second kappa shape index (κ2) is 12.4. The molecule has 0 aliphatic carbocycles. The maximum absolute atomic E-state index is 12.9. The van der Waals surface area contributed by atoms with E-state index in [-0.39, 0.29) is 36.4 Å². The molecule has 2 aromatic carbocycles. The number of fused-ring (bicyclic) bond motifs is 1. The van der Waals surface area contributed by atoms with Crippen LogP contribution in [0.25, 0.3) is 10.9 Å². The van der Waals surface area contributed by atoms with Crippen LogP contribution in [0.15, 0.2) is 64.6 Å². The Morgan fingerprint density at radius 3 is 2.62 bits per heavy atom. The second-order valence-electron chi connectivity index (χ2n) is 8.12. The average molecular weight is 548 g/mol. The zero-order valence-electron chi connectivity index (χ0n) is 19.5. The van der Waals surface area contributed by atoms with Crippen LogP contribution in [-0.2, 0) is 20.8 Å². The van der Waals surface area contributed by atoms with Gasteiger partial charge >= 0.3 is 5.97 Å². The number of para-hydroxylation sites is 2. The van der Waals surface area contributed by atoms with Gasteiger partial charge < -0.3 is 21.6 Å². The first-order chi connectivity index (χ1) is 17.3. The largest absolute Gasteiger partial charge is 0.370 e. The van der Waals surface area contributed by atoms with Crippen molar-refractivity contribution < 1.29 is 19.3 Å². The van der Waals surface area contributed by atoms with E-state index in [9.17, 15) is 19.7 Å². The fourth-order valence-corrected chi connectivity index (χ4v) is 4.91. The number of aliphatic imine (C=N–C) groups is 1. The van der Waals surface area contributed by atoms with Gasteiger partial charge in [-0.2, -0.15) is 0 Å². The van der Waals surface area contributed by atoms with Crippen LogP contribution in [0, 0.1) is 10.1 Å². The summed E-state index contributed by atoms with van der Waals surface area (Å²) in [5.74, 6) is -1.01. The zero-order chi connectivity index (χ0) is 25.7. The predicted molar refractivity (Wildman–Crippen MR) is 142 cm³/mol. The molecule has 0 saturated carbocycles. The average Bonchev–Trinajstić information content (AvgIpc) is 3.13. The number of amides is 1. The maximum Gasteiger partial charge on any atom is 0.347 e. The smallest absolute Gasteiger partial charge is 0.347 e. The van der Waals surface area contributed by atoms with Crippen molar-refractivity contribution in [3.05, 3.63) is 70.4 Å². The minimum Gasteiger partial charge on any atom is -0.370 e. The molecule has 0 spiro atoms. The molecule has 2 atom stereocenters. The Morgan fingerprint density at radius 1 is 1.14 bits per heavy atom. The van der Waals surface area contributed by atoms with Crippen LogP contribution in [0.4, 0.5) is 5.69 Å². The van der Waals surface area contributed by atoms with Gasteiger partial charge in [-0.25, -0.2) is 4.79 Å². The molecular weight excluding hydrogens is 522 g/mol. The van der Waals surface area contributed by atoms with E-state index in [1.54, 1.807) is 18.2 Å². The Kier molecular flexibility index (Phi) is 9.33. The first-order valence-corrected chi connectivity index (χ1v) is 11.9. The molecule has 0 bridgehead atoms. The van der Waals surface area contributed by atoms with Crippen molar-refractivity contribution in [3.63, 3.8) is 0 Å².